The van der Waals surface area contributed by atoms with Crippen LogP contribution in [0.4, 0.5) is 0 Å². The largest absolute Gasteiger partial charge is 0.368 e. The van der Waals surface area contributed by atoms with Crippen LogP contribution in [0.1, 0.15) is 16.7 Å². The van der Waals surface area contributed by atoms with Gasteiger partial charge in [-0.3, -0.25) is 14.4 Å². The lowest BCUT2D eigenvalue weighted by Crippen LogP contribution is -2.38. The van der Waals surface area contributed by atoms with Crippen molar-refractivity contribution in [2.45, 2.75) is 27.3 Å². The minimum atomic E-state index is -0.654. The number of hydrogen-bond acceptors (Lipinski definition) is 4. The van der Waals surface area contributed by atoms with Gasteiger partial charge in [0.1, 0.15) is 6.54 Å². The first kappa shape index (κ1) is 19.3. The van der Waals surface area contributed by atoms with Crippen LogP contribution in [0.5, 0.6) is 0 Å². The molecule has 0 radical (unpaired) electrons. The lowest BCUT2D eigenvalue weighted by atomic mass is 9.94. The summed E-state index contributed by atoms with van der Waals surface area (Å²) in [5.74, 6) is -1.16. The van der Waals surface area contributed by atoms with Crippen molar-refractivity contribution < 1.29 is 9.59 Å². The molecule has 0 spiro atoms. The van der Waals surface area contributed by atoms with E-state index in [0.29, 0.717) is 11.1 Å². The highest BCUT2D eigenvalue weighted by Crippen LogP contribution is 2.31. The number of hydrogen-bond donors (Lipinski definition) is 2. The number of nitrogens with one attached hydrogen (secondary N) is 1. The van der Waals surface area contributed by atoms with Crippen LogP contribution in [0.3, 0.4) is 0 Å². The van der Waals surface area contributed by atoms with Crippen molar-refractivity contribution in [2.75, 3.05) is 6.54 Å². The molecule has 2 amide bonds. The molecule has 7 nitrogen and oxygen atoms in total. The van der Waals surface area contributed by atoms with E-state index in [9.17, 15) is 14.4 Å². The number of nitrogens with two attached hydrogens (primary N) is 1. The standard InChI is InChI=1S/C21H22N4O3/c1-12-8-13(2)19(14(3)9-12)20-15-6-4-5-7-16(15)21(28)25(24-20)11-18(27)23-10-17(22)26/h4-9H,10-11H2,1-3H3,(H2,22,26)(H,23,27). The number of fused-ring (bicyclic) bond motifs is 1. The molecule has 0 unspecified atom stereocenters. The Morgan fingerprint density at radius 3 is 2.29 bits per heavy atom. The molecule has 28 heavy (non-hydrogen) atoms. The van der Waals surface area contributed by atoms with Crippen LogP contribution in [0.25, 0.3) is 22.0 Å². The van der Waals surface area contributed by atoms with E-state index in [-0.39, 0.29) is 18.6 Å². The van der Waals surface area contributed by atoms with Crippen LogP contribution in [0.15, 0.2) is 41.2 Å². The summed E-state index contributed by atoms with van der Waals surface area (Å²) in [4.78, 5) is 35.8. The zero-order valence-corrected chi connectivity index (χ0v) is 16.1. The summed E-state index contributed by atoms with van der Waals surface area (Å²) in [6, 6.07) is 11.3. The minimum absolute atomic E-state index is 0.287. The molecule has 3 N–H and O–H groups in total. The quantitative estimate of drug-likeness (QED) is 0.703. The van der Waals surface area contributed by atoms with Crippen LogP contribution in [0, 0.1) is 20.8 Å². The predicted octanol–water partition coefficient (Wildman–Crippen LogP) is 1.59. The Morgan fingerprint density at radius 1 is 1.07 bits per heavy atom. The van der Waals surface area contributed by atoms with E-state index in [4.69, 9.17) is 5.73 Å². The third kappa shape index (κ3) is 3.78. The molecule has 1 heterocycles. The van der Waals surface area contributed by atoms with Crippen molar-refractivity contribution in [2.24, 2.45) is 5.73 Å². The van der Waals surface area contributed by atoms with Gasteiger partial charge in [-0.15, -0.1) is 0 Å². The Bertz CT molecular complexity index is 1130. The molecular weight excluding hydrogens is 356 g/mol. The molecule has 0 saturated carbocycles. The maximum Gasteiger partial charge on any atom is 0.275 e. The molecule has 0 saturated heterocycles. The van der Waals surface area contributed by atoms with Gasteiger partial charge in [0.15, 0.2) is 0 Å². The lowest BCUT2D eigenvalue weighted by molar-refractivity contribution is -0.125. The predicted molar refractivity (Wildman–Crippen MR) is 108 cm³/mol. The Hall–Kier alpha value is -3.48. The Balaban J connectivity index is 2.18. The van der Waals surface area contributed by atoms with Gasteiger partial charge in [-0.1, -0.05) is 35.9 Å². The third-order valence-electron chi connectivity index (χ3n) is 4.53. The molecule has 0 fully saturated rings. The highest BCUT2D eigenvalue weighted by Gasteiger charge is 2.17. The normalized spacial score (nSPS) is 10.8. The number of carbonyl (C=O) groups is 2. The van der Waals surface area contributed by atoms with Gasteiger partial charge in [-0.2, -0.15) is 5.10 Å². The molecule has 1 aromatic heterocycles. The molecule has 0 aliphatic carbocycles. The van der Waals surface area contributed by atoms with E-state index in [2.05, 4.69) is 22.5 Å². The van der Waals surface area contributed by atoms with Gasteiger partial charge >= 0.3 is 0 Å². The summed E-state index contributed by atoms with van der Waals surface area (Å²) in [6.45, 7) is 5.44. The number of amides is 2. The van der Waals surface area contributed by atoms with Crippen molar-refractivity contribution in [1.29, 1.82) is 0 Å². The molecule has 0 aliphatic heterocycles. The summed E-state index contributed by atoms with van der Waals surface area (Å²) >= 11 is 0. The summed E-state index contributed by atoms with van der Waals surface area (Å²) in [6.07, 6.45) is 0. The second-order valence-electron chi connectivity index (χ2n) is 6.87. The van der Waals surface area contributed by atoms with E-state index in [1.807, 2.05) is 32.9 Å². The molecule has 7 heteroatoms. The van der Waals surface area contributed by atoms with Crippen LogP contribution in [-0.2, 0) is 16.1 Å². The molecule has 3 aromatic rings. The number of rotatable bonds is 5. The number of nitrogens with zero attached hydrogens (tertiary/aromatic N) is 2. The second kappa shape index (κ2) is 7.64. The summed E-state index contributed by atoms with van der Waals surface area (Å²) in [5.41, 5.74) is 9.49. The number of benzene rings is 2. The van der Waals surface area contributed by atoms with E-state index >= 15 is 0 Å². The van der Waals surface area contributed by atoms with Crippen molar-refractivity contribution in [3.05, 3.63) is 63.4 Å². The summed E-state index contributed by atoms with van der Waals surface area (Å²) in [5, 5.41) is 8.11. The van der Waals surface area contributed by atoms with Gasteiger partial charge < -0.3 is 11.1 Å². The van der Waals surface area contributed by atoms with Gasteiger partial charge in [0.25, 0.3) is 5.56 Å². The maximum atomic E-state index is 12.8. The lowest BCUT2D eigenvalue weighted by Gasteiger charge is -2.15. The first-order valence-electron chi connectivity index (χ1n) is 8.91. The third-order valence-corrected chi connectivity index (χ3v) is 4.53. The van der Waals surface area contributed by atoms with Crippen LogP contribution < -0.4 is 16.6 Å². The summed E-state index contributed by atoms with van der Waals surface area (Å²) < 4.78 is 1.13. The number of aromatic nitrogens is 2. The van der Waals surface area contributed by atoms with Gasteiger partial charge in [0.2, 0.25) is 11.8 Å². The fraction of sp³-hybridized carbons (Fsp3) is 0.238. The smallest absolute Gasteiger partial charge is 0.275 e. The molecule has 0 bridgehead atoms. The Labute approximate surface area is 162 Å². The second-order valence-corrected chi connectivity index (χ2v) is 6.87. The van der Waals surface area contributed by atoms with Crippen LogP contribution >= 0.6 is 0 Å². The Kier molecular flexibility index (Phi) is 5.26. The topological polar surface area (TPSA) is 107 Å². The first-order chi connectivity index (χ1) is 13.3. The van der Waals surface area contributed by atoms with Gasteiger partial charge in [-0.25, -0.2) is 4.68 Å². The number of primary amides is 1. The van der Waals surface area contributed by atoms with Crippen molar-refractivity contribution in [3.63, 3.8) is 0 Å². The van der Waals surface area contributed by atoms with Crippen molar-refractivity contribution in [3.8, 4) is 11.3 Å². The van der Waals surface area contributed by atoms with Gasteiger partial charge in [0, 0.05) is 10.9 Å². The van der Waals surface area contributed by atoms with E-state index in [0.717, 1.165) is 32.3 Å². The summed E-state index contributed by atoms with van der Waals surface area (Å²) in [7, 11) is 0. The van der Waals surface area contributed by atoms with Crippen molar-refractivity contribution >= 4 is 22.6 Å². The first-order valence-corrected chi connectivity index (χ1v) is 8.91. The maximum absolute atomic E-state index is 12.8. The monoisotopic (exact) mass is 378 g/mol. The number of carbonyl (C=O) groups excluding carboxylic acids is 2. The SMILES string of the molecule is Cc1cc(C)c(-c2nn(CC(=O)NCC(N)=O)c(=O)c3ccccc23)c(C)c1. The zero-order chi connectivity index (χ0) is 20.4. The van der Waals surface area contributed by atoms with E-state index in [1.165, 1.54) is 0 Å². The van der Waals surface area contributed by atoms with Gasteiger partial charge in [-0.05, 0) is 38.0 Å². The average molecular weight is 378 g/mol. The molecular formula is C21H22N4O3. The number of aryl methyl sites for hydroxylation is 3. The fourth-order valence-electron chi connectivity index (χ4n) is 3.46. The van der Waals surface area contributed by atoms with E-state index < -0.39 is 11.8 Å². The van der Waals surface area contributed by atoms with Crippen molar-refractivity contribution in [1.82, 2.24) is 15.1 Å². The molecule has 0 aliphatic rings. The fourth-order valence-corrected chi connectivity index (χ4v) is 3.46. The van der Waals surface area contributed by atoms with Crippen LogP contribution in [0.2, 0.25) is 0 Å². The molecule has 0 atom stereocenters. The van der Waals surface area contributed by atoms with Crippen LogP contribution in [-0.4, -0.2) is 28.1 Å². The minimum Gasteiger partial charge on any atom is -0.368 e. The van der Waals surface area contributed by atoms with Gasteiger partial charge in [0.05, 0.1) is 17.6 Å². The average Bonchev–Trinajstić information content (AvgIpc) is 2.62. The molecule has 2 aromatic carbocycles. The molecule has 144 valence electrons. The highest BCUT2D eigenvalue weighted by atomic mass is 16.2. The highest BCUT2D eigenvalue weighted by molar-refractivity contribution is 5.95. The van der Waals surface area contributed by atoms with E-state index in [1.54, 1.807) is 12.1 Å². The Morgan fingerprint density at radius 2 is 1.68 bits per heavy atom. The zero-order valence-electron chi connectivity index (χ0n) is 16.1. The molecule has 3 rings (SSSR count).